The van der Waals surface area contributed by atoms with Crippen LogP contribution in [0.5, 0.6) is 11.5 Å². The molecule has 1 atom stereocenters. The highest BCUT2D eigenvalue weighted by atomic mass is 35.5. The zero-order valence-electron chi connectivity index (χ0n) is 15.8. The van der Waals surface area contributed by atoms with Gasteiger partial charge in [-0.15, -0.1) is 0 Å². The summed E-state index contributed by atoms with van der Waals surface area (Å²) in [7, 11) is -3.91. The standard InChI is InChI=1S/C20H18ClN3O5S/c21-16-10-14(4-3-13(16)12-22)23-20(25)17-2-1-7-24(17)30(26,27)15-5-6-18-19(11-15)29-9-8-28-18/h3-6,10-11,17H,1-2,7-9H2,(H,23,25). The number of rotatable bonds is 4. The van der Waals surface area contributed by atoms with Gasteiger partial charge in [-0.1, -0.05) is 11.6 Å². The van der Waals surface area contributed by atoms with Gasteiger partial charge in [0.05, 0.1) is 15.5 Å². The minimum Gasteiger partial charge on any atom is -0.486 e. The van der Waals surface area contributed by atoms with Crippen molar-refractivity contribution in [3.05, 3.63) is 47.0 Å². The van der Waals surface area contributed by atoms with E-state index in [2.05, 4.69) is 5.32 Å². The van der Waals surface area contributed by atoms with Crippen molar-refractivity contribution in [1.82, 2.24) is 4.31 Å². The second kappa shape index (κ2) is 8.14. The smallest absolute Gasteiger partial charge is 0.243 e. The molecule has 2 aromatic rings. The Morgan fingerprint density at radius 3 is 2.67 bits per heavy atom. The largest absolute Gasteiger partial charge is 0.486 e. The lowest BCUT2D eigenvalue weighted by Gasteiger charge is -2.24. The molecule has 8 nitrogen and oxygen atoms in total. The Morgan fingerprint density at radius 2 is 1.93 bits per heavy atom. The minimum absolute atomic E-state index is 0.0490. The van der Waals surface area contributed by atoms with Gasteiger partial charge in [-0.25, -0.2) is 8.42 Å². The van der Waals surface area contributed by atoms with Crippen LogP contribution in [0.15, 0.2) is 41.3 Å². The fourth-order valence-corrected chi connectivity index (χ4v) is 5.41. The third-order valence-corrected chi connectivity index (χ3v) is 7.20. The maximum absolute atomic E-state index is 13.2. The monoisotopic (exact) mass is 447 g/mol. The molecule has 2 heterocycles. The van der Waals surface area contributed by atoms with E-state index in [-0.39, 0.29) is 16.5 Å². The first-order valence-electron chi connectivity index (χ1n) is 9.32. The maximum Gasteiger partial charge on any atom is 0.243 e. The highest BCUT2D eigenvalue weighted by Crippen LogP contribution is 2.35. The number of nitriles is 1. The molecule has 0 aliphatic carbocycles. The summed E-state index contributed by atoms with van der Waals surface area (Å²) >= 11 is 6.01. The summed E-state index contributed by atoms with van der Waals surface area (Å²) in [5, 5.41) is 11.9. The van der Waals surface area contributed by atoms with Crippen LogP contribution in [-0.4, -0.2) is 44.4 Å². The first kappa shape index (κ1) is 20.5. The predicted molar refractivity (Wildman–Crippen MR) is 109 cm³/mol. The number of nitrogens with zero attached hydrogens (tertiary/aromatic N) is 2. The molecular formula is C20H18ClN3O5S. The number of ether oxygens (including phenoxy) is 2. The zero-order chi connectivity index (χ0) is 21.3. The zero-order valence-corrected chi connectivity index (χ0v) is 17.4. The van der Waals surface area contributed by atoms with Gasteiger partial charge in [0.25, 0.3) is 0 Å². The topological polar surface area (TPSA) is 109 Å². The molecule has 1 saturated heterocycles. The third-order valence-electron chi connectivity index (χ3n) is 4.98. The van der Waals surface area contributed by atoms with Crippen LogP contribution < -0.4 is 14.8 Å². The molecule has 4 rings (SSSR count). The SMILES string of the molecule is N#Cc1ccc(NC(=O)C2CCCN2S(=O)(=O)c2ccc3c(c2)OCCO3)cc1Cl. The molecule has 1 N–H and O–H groups in total. The highest BCUT2D eigenvalue weighted by Gasteiger charge is 2.40. The van der Waals surface area contributed by atoms with Gasteiger partial charge >= 0.3 is 0 Å². The lowest BCUT2D eigenvalue weighted by molar-refractivity contribution is -0.119. The molecule has 0 aromatic heterocycles. The Bertz CT molecular complexity index is 1150. The Kier molecular flexibility index (Phi) is 5.56. The van der Waals surface area contributed by atoms with Crippen LogP contribution in [0.3, 0.4) is 0 Å². The Morgan fingerprint density at radius 1 is 1.17 bits per heavy atom. The number of halogens is 1. The van der Waals surface area contributed by atoms with E-state index in [1.807, 2.05) is 6.07 Å². The van der Waals surface area contributed by atoms with E-state index in [1.165, 1.54) is 28.6 Å². The van der Waals surface area contributed by atoms with Gasteiger partial charge in [-0.2, -0.15) is 9.57 Å². The van der Waals surface area contributed by atoms with E-state index in [0.29, 0.717) is 48.8 Å². The van der Waals surface area contributed by atoms with Crippen molar-refractivity contribution < 1.29 is 22.7 Å². The number of amides is 1. The van der Waals surface area contributed by atoms with Gasteiger partial charge in [0.1, 0.15) is 25.3 Å². The van der Waals surface area contributed by atoms with Crippen LogP contribution >= 0.6 is 11.6 Å². The summed E-state index contributed by atoms with van der Waals surface area (Å²) in [6, 6.07) is 10.1. The van der Waals surface area contributed by atoms with Crippen molar-refractivity contribution in [3.8, 4) is 17.6 Å². The molecule has 0 radical (unpaired) electrons. The van der Waals surface area contributed by atoms with E-state index in [0.717, 1.165) is 0 Å². The fourth-order valence-electron chi connectivity index (χ4n) is 3.52. The van der Waals surface area contributed by atoms with Crippen LogP contribution in [0, 0.1) is 11.3 Å². The first-order valence-corrected chi connectivity index (χ1v) is 11.1. The summed E-state index contributed by atoms with van der Waals surface area (Å²) in [4.78, 5) is 12.9. The number of carbonyl (C=O) groups excluding carboxylic acids is 1. The lowest BCUT2D eigenvalue weighted by Crippen LogP contribution is -2.43. The molecule has 1 fully saturated rings. The first-order chi connectivity index (χ1) is 14.4. The molecule has 0 bridgehead atoms. The average Bonchev–Trinajstić information content (AvgIpc) is 3.24. The number of sulfonamides is 1. The molecule has 156 valence electrons. The Hall–Kier alpha value is -2.80. The molecule has 2 aliphatic heterocycles. The number of benzene rings is 2. The minimum atomic E-state index is -3.91. The van der Waals surface area contributed by atoms with Gasteiger partial charge in [0, 0.05) is 18.3 Å². The van der Waals surface area contributed by atoms with Crippen LogP contribution in [0.4, 0.5) is 5.69 Å². The molecule has 1 amide bonds. The van der Waals surface area contributed by atoms with Gasteiger partial charge in [-0.05, 0) is 43.2 Å². The van der Waals surface area contributed by atoms with Crippen molar-refractivity contribution in [2.24, 2.45) is 0 Å². The lowest BCUT2D eigenvalue weighted by atomic mass is 10.2. The number of fused-ring (bicyclic) bond motifs is 1. The predicted octanol–water partition coefficient (Wildman–Crippen LogP) is 2.77. The third kappa shape index (κ3) is 3.81. The highest BCUT2D eigenvalue weighted by molar-refractivity contribution is 7.89. The molecule has 1 unspecified atom stereocenters. The van der Waals surface area contributed by atoms with Crippen LogP contribution in [-0.2, 0) is 14.8 Å². The van der Waals surface area contributed by atoms with Gasteiger partial charge in [0.2, 0.25) is 15.9 Å². The van der Waals surface area contributed by atoms with Gasteiger partial charge < -0.3 is 14.8 Å². The van der Waals surface area contributed by atoms with Crippen molar-refractivity contribution in [1.29, 1.82) is 5.26 Å². The summed E-state index contributed by atoms with van der Waals surface area (Å²) in [6.45, 7) is 0.994. The molecular weight excluding hydrogens is 430 g/mol. The normalized spacial score (nSPS) is 18.6. The van der Waals surface area contributed by atoms with E-state index in [1.54, 1.807) is 12.1 Å². The maximum atomic E-state index is 13.2. The molecule has 2 aromatic carbocycles. The summed E-state index contributed by atoms with van der Waals surface area (Å²) in [5.41, 5.74) is 0.686. The average molecular weight is 448 g/mol. The Balaban J connectivity index is 1.56. The van der Waals surface area contributed by atoms with Crippen LogP contribution in [0.25, 0.3) is 0 Å². The van der Waals surface area contributed by atoms with Crippen LogP contribution in [0.2, 0.25) is 5.02 Å². The number of carbonyl (C=O) groups is 1. The second-order valence-corrected chi connectivity index (χ2v) is 9.17. The number of nitrogens with one attached hydrogen (secondary N) is 1. The van der Waals surface area contributed by atoms with Gasteiger partial charge in [0.15, 0.2) is 11.5 Å². The summed E-state index contributed by atoms with van der Waals surface area (Å²) in [6.07, 6.45) is 0.968. The van der Waals surface area contributed by atoms with E-state index in [9.17, 15) is 13.2 Å². The summed E-state index contributed by atoms with van der Waals surface area (Å²) in [5.74, 6) is 0.415. The van der Waals surface area contributed by atoms with Gasteiger partial charge in [-0.3, -0.25) is 4.79 Å². The molecule has 30 heavy (non-hydrogen) atoms. The summed E-state index contributed by atoms with van der Waals surface area (Å²) < 4.78 is 38.6. The van der Waals surface area contributed by atoms with E-state index < -0.39 is 22.0 Å². The van der Waals surface area contributed by atoms with Crippen molar-refractivity contribution in [2.45, 2.75) is 23.8 Å². The molecule has 2 aliphatic rings. The number of anilines is 1. The molecule has 0 saturated carbocycles. The van der Waals surface area contributed by atoms with Crippen molar-refractivity contribution in [3.63, 3.8) is 0 Å². The van der Waals surface area contributed by atoms with Crippen LogP contribution in [0.1, 0.15) is 18.4 Å². The second-order valence-electron chi connectivity index (χ2n) is 6.87. The quantitative estimate of drug-likeness (QED) is 0.771. The van der Waals surface area contributed by atoms with Crippen molar-refractivity contribution >= 4 is 33.2 Å². The van der Waals surface area contributed by atoms with E-state index >= 15 is 0 Å². The number of hydrogen-bond donors (Lipinski definition) is 1. The molecule has 0 spiro atoms. The fraction of sp³-hybridized carbons (Fsp3) is 0.300. The Labute approximate surface area is 179 Å². The van der Waals surface area contributed by atoms with Crippen molar-refractivity contribution in [2.75, 3.05) is 25.1 Å². The van der Waals surface area contributed by atoms with E-state index in [4.69, 9.17) is 26.3 Å². The molecule has 10 heteroatoms. The number of hydrogen-bond acceptors (Lipinski definition) is 6.